The van der Waals surface area contributed by atoms with Gasteiger partial charge in [0.2, 0.25) is 0 Å². The first-order valence-electron chi connectivity index (χ1n) is 7.89. The summed E-state index contributed by atoms with van der Waals surface area (Å²) >= 11 is 1.62. The number of carbonyl (C=O) groups is 1. The molecule has 1 amide bonds. The largest absolute Gasteiger partial charge is 0.391 e. The van der Waals surface area contributed by atoms with E-state index in [0.717, 1.165) is 16.3 Å². The molecule has 1 aliphatic rings. The van der Waals surface area contributed by atoms with Gasteiger partial charge in [-0.3, -0.25) is 4.79 Å². The molecule has 1 fully saturated rings. The molecule has 0 saturated carbocycles. The number of aromatic nitrogens is 2. The van der Waals surface area contributed by atoms with Crippen LogP contribution in [0.5, 0.6) is 0 Å². The van der Waals surface area contributed by atoms with Gasteiger partial charge in [0, 0.05) is 13.1 Å². The lowest BCUT2D eigenvalue weighted by Gasteiger charge is -2.13. The molecule has 0 bridgehead atoms. The average molecular weight is 339 g/mol. The number of benzene rings is 1. The molecule has 0 unspecified atom stereocenters. The van der Waals surface area contributed by atoms with Crippen molar-refractivity contribution in [1.29, 1.82) is 0 Å². The minimum atomic E-state index is -0.429. The maximum Gasteiger partial charge on any atom is 0.274 e. The van der Waals surface area contributed by atoms with E-state index in [1.54, 1.807) is 16.2 Å². The van der Waals surface area contributed by atoms with Crippen molar-refractivity contribution in [2.24, 2.45) is 0 Å². The molecule has 0 aliphatic carbocycles. The first kappa shape index (κ1) is 15.1. The number of para-hydroxylation sites is 1. The second-order valence-corrected chi connectivity index (χ2v) is 6.78. The summed E-state index contributed by atoms with van der Waals surface area (Å²) in [5, 5.41) is 16.2. The highest BCUT2D eigenvalue weighted by Gasteiger charge is 2.28. The third-order valence-electron chi connectivity index (χ3n) is 4.15. The van der Waals surface area contributed by atoms with Gasteiger partial charge in [0.05, 0.1) is 22.4 Å². The fraction of sp³-hybridized carbons (Fsp3) is 0.222. The number of rotatable bonds is 3. The van der Waals surface area contributed by atoms with Crippen LogP contribution in [0, 0.1) is 0 Å². The van der Waals surface area contributed by atoms with Crippen LogP contribution in [-0.4, -0.2) is 44.9 Å². The van der Waals surface area contributed by atoms with Gasteiger partial charge in [0.15, 0.2) is 5.69 Å². The second kappa shape index (κ2) is 6.22. The van der Waals surface area contributed by atoms with Crippen molar-refractivity contribution < 1.29 is 9.90 Å². The average Bonchev–Trinajstić information content (AvgIpc) is 3.35. The molecule has 3 heterocycles. The molecule has 4 rings (SSSR count). The first-order valence-corrected chi connectivity index (χ1v) is 8.77. The lowest BCUT2D eigenvalue weighted by Crippen LogP contribution is -2.29. The normalized spacial score (nSPS) is 17.4. The van der Waals surface area contributed by atoms with E-state index in [1.807, 2.05) is 58.6 Å². The zero-order valence-electron chi connectivity index (χ0n) is 13.0. The zero-order chi connectivity index (χ0) is 16.5. The lowest BCUT2D eigenvalue weighted by atomic mass is 10.2. The molecule has 1 aromatic carbocycles. The van der Waals surface area contributed by atoms with Gasteiger partial charge in [-0.05, 0) is 36.1 Å². The van der Waals surface area contributed by atoms with Crippen molar-refractivity contribution in [3.63, 3.8) is 0 Å². The van der Waals surface area contributed by atoms with Crippen LogP contribution in [0.1, 0.15) is 16.9 Å². The summed E-state index contributed by atoms with van der Waals surface area (Å²) in [4.78, 5) is 15.4. The molecule has 1 saturated heterocycles. The molecule has 0 radical (unpaired) electrons. The van der Waals surface area contributed by atoms with Crippen molar-refractivity contribution >= 4 is 17.2 Å². The van der Waals surface area contributed by atoms with Crippen molar-refractivity contribution in [2.75, 3.05) is 13.1 Å². The van der Waals surface area contributed by atoms with Crippen LogP contribution < -0.4 is 0 Å². The maximum atomic E-state index is 12.7. The Morgan fingerprint density at radius 3 is 2.71 bits per heavy atom. The van der Waals surface area contributed by atoms with E-state index in [1.165, 1.54) is 0 Å². The van der Waals surface area contributed by atoms with E-state index < -0.39 is 6.10 Å². The number of likely N-dealkylation sites (tertiary alicyclic amines) is 1. The molecule has 1 aliphatic heterocycles. The van der Waals surface area contributed by atoms with Crippen LogP contribution >= 0.6 is 11.3 Å². The SMILES string of the molecule is O=C(c1cc(-c2cccs2)n(-c2ccccc2)n1)N1CC[C@@H](O)C1. The third kappa shape index (κ3) is 2.74. The van der Waals surface area contributed by atoms with E-state index in [2.05, 4.69) is 5.10 Å². The van der Waals surface area contributed by atoms with E-state index in [0.29, 0.717) is 25.2 Å². The number of β-amino-alcohol motifs (C(OH)–C–C–N with tert-alkyl or cyclic N) is 1. The first-order chi connectivity index (χ1) is 11.7. The van der Waals surface area contributed by atoms with Crippen molar-refractivity contribution in [2.45, 2.75) is 12.5 Å². The van der Waals surface area contributed by atoms with Crippen LogP contribution in [0.25, 0.3) is 16.3 Å². The molecule has 1 N–H and O–H groups in total. The van der Waals surface area contributed by atoms with Gasteiger partial charge in [-0.1, -0.05) is 24.3 Å². The lowest BCUT2D eigenvalue weighted by molar-refractivity contribution is 0.0759. The summed E-state index contributed by atoms with van der Waals surface area (Å²) in [6.45, 7) is 0.956. The fourth-order valence-electron chi connectivity index (χ4n) is 2.94. The van der Waals surface area contributed by atoms with Crippen LogP contribution in [0.4, 0.5) is 0 Å². The topological polar surface area (TPSA) is 58.4 Å². The predicted molar refractivity (Wildman–Crippen MR) is 93.4 cm³/mol. The number of aliphatic hydroxyl groups is 1. The van der Waals surface area contributed by atoms with E-state index >= 15 is 0 Å². The van der Waals surface area contributed by atoms with E-state index in [4.69, 9.17) is 0 Å². The Hall–Kier alpha value is -2.44. The van der Waals surface area contributed by atoms with Crippen LogP contribution in [0.2, 0.25) is 0 Å². The van der Waals surface area contributed by atoms with Crippen molar-refractivity contribution in [3.8, 4) is 16.3 Å². The summed E-state index contributed by atoms with van der Waals surface area (Å²) in [6, 6.07) is 15.6. The molecule has 5 nitrogen and oxygen atoms in total. The predicted octanol–water partition coefficient (Wildman–Crippen LogP) is 2.81. The molecule has 122 valence electrons. The van der Waals surface area contributed by atoms with Gasteiger partial charge in [-0.2, -0.15) is 5.10 Å². The van der Waals surface area contributed by atoms with Crippen LogP contribution in [0.15, 0.2) is 53.9 Å². The molecule has 3 aromatic rings. The Kier molecular flexibility index (Phi) is 3.92. The van der Waals surface area contributed by atoms with Crippen LogP contribution in [-0.2, 0) is 0 Å². The molecule has 2 aromatic heterocycles. The smallest absolute Gasteiger partial charge is 0.274 e. The summed E-state index contributed by atoms with van der Waals surface area (Å²) < 4.78 is 1.81. The maximum absolute atomic E-state index is 12.7. The Bertz CT molecular complexity index is 843. The molecule has 24 heavy (non-hydrogen) atoms. The van der Waals surface area contributed by atoms with Gasteiger partial charge < -0.3 is 10.0 Å². The Morgan fingerprint density at radius 2 is 2.04 bits per heavy atom. The van der Waals surface area contributed by atoms with Crippen molar-refractivity contribution in [1.82, 2.24) is 14.7 Å². The van der Waals surface area contributed by atoms with Gasteiger partial charge in [0.1, 0.15) is 0 Å². The minimum absolute atomic E-state index is 0.126. The zero-order valence-corrected chi connectivity index (χ0v) is 13.8. The number of carbonyl (C=O) groups excluding carboxylic acids is 1. The number of aliphatic hydroxyl groups excluding tert-OH is 1. The summed E-state index contributed by atoms with van der Waals surface area (Å²) in [6.07, 6.45) is 0.199. The van der Waals surface area contributed by atoms with Gasteiger partial charge in [-0.15, -0.1) is 11.3 Å². The number of nitrogens with zero attached hydrogens (tertiary/aromatic N) is 3. The molecule has 1 atom stereocenters. The highest BCUT2D eigenvalue weighted by Crippen LogP contribution is 2.28. The second-order valence-electron chi connectivity index (χ2n) is 5.83. The summed E-state index contributed by atoms with van der Waals surface area (Å²) in [5.74, 6) is -0.126. The van der Waals surface area contributed by atoms with E-state index in [9.17, 15) is 9.90 Å². The van der Waals surface area contributed by atoms with Crippen LogP contribution in [0.3, 0.4) is 0 Å². The summed E-state index contributed by atoms with van der Waals surface area (Å²) in [5.41, 5.74) is 2.23. The molecule has 0 spiro atoms. The molecular formula is C18H17N3O2S. The number of hydrogen-bond acceptors (Lipinski definition) is 4. The third-order valence-corrected chi connectivity index (χ3v) is 5.05. The Morgan fingerprint density at radius 1 is 1.21 bits per heavy atom. The van der Waals surface area contributed by atoms with Gasteiger partial charge in [-0.25, -0.2) is 4.68 Å². The van der Waals surface area contributed by atoms with Gasteiger partial charge >= 0.3 is 0 Å². The Balaban J connectivity index is 1.76. The highest BCUT2D eigenvalue weighted by atomic mass is 32.1. The Labute approximate surface area is 143 Å². The minimum Gasteiger partial charge on any atom is -0.391 e. The molecule has 6 heteroatoms. The number of hydrogen-bond donors (Lipinski definition) is 1. The van der Waals surface area contributed by atoms with Crippen molar-refractivity contribution in [3.05, 3.63) is 59.6 Å². The molecular weight excluding hydrogens is 322 g/mol. The van der Waals surface area contributed by atoms with E-state index in [-0.39, 0.29) is 5.91 Å². The number of amides is 1. The quantitative estimate of drug-likeness (QED) is 0.798. The fourth-order valence-corrected chi connectivity index (χ4v) is 3.67. The monoisotopic (exact) mass is 339 g/mol. The standard InChI is InChI=1S/C18H17N3O2S/c22-14-8-9-20(12-14)18(23)15-11-16(17-7-4-10-24-17)21(19-15)13-5-2-1-3-6-13/h1-7,10-11,14,22H,8-9,12H2/t14-/m1/s1. The summed E-state index contributed by atoms with van der Waals surface area (Å²) in [7, 11) is 0. The number of thiophene rings is 1. The van der Waals surface area contributed by atoms with Gasteiger partial charge in [0.25, 0.3) is 5.91 Å². The highest BCUT2D eigenvalue weighted by molar-refractivity contribution is 7.13.